The van der Waals surface area contributed by atoms with Crippen LogP contribution in [0.15, 0.2) is 12.4 Å². The zero-order valence-electron chi connectivity index (χ0n) is 10.9. The SMILES string of the molecule is CNc1cc(N(C)CCC(C)(C)C)ncn1. The molecule has 0 saturated carbocycles. The zero-order valence-corrected chi connectivity index (χ0v) is 10.9. The number of rotatable bonds is 4. The maximum atomic E-state index is 4.26. The number of nitrogens with one attached hydrogen (secondary N) is 1. The van der Waals surface area contributed by atoms with Crippen molar-refractivity contribution in [1.29, 1.82) is 0 Å². The average molecular weight is 222 g/mol. The van der Waals surface area contributed by atoms with Gasteiger partial charge in [-0.1, -0.05) is 20.8 Å². The molecule has 0 aliphatic rings. The van der Waals surface area contributed by atoms with Crippen LogP contribution >= 0.6 is 0 Å². The summed E-state index contributed by atoms with van der Waals surface area (Å²) in [5.41, 5.74) is 0.354. The van der Waals surface area contributed by atoms with Gasteiger partial charge in [-0.3, -0.25) is 0 Å². The van der Waals surface area contributed by atoms with Crippen molar-refractivity contribution in [2.45, 2.75) is 27.2 Å². The molecule has 0 aliphatic heterocycles. The molecule has 0 saturated heterocycles. The van der Waals surface area contributed by atoms with Gasteiger partial charge in [-0.25, -0.2) is 9.97 Å². The average Bonchev–Trinajstić information content (AvgIpc) is 2.25. The predicted molar refractivity (Wildman–Crippen MR) is 68.9 cm³/mol. The second-order valence-electron chi connectivity index (χ2n) is 5.24. The molecule has 16 heavy (non-hydrogen) atoms. The molecule has 1 aromatic heterocycles. The maximum absolute atomic E-state index is 4.26. The molecule has 0 aromatic carbocycles. The number of hydrogen-bond donors (Lipinski definition) is 1. The van der Waals surface area contributed by atoms with Crippen LogP contribution in [0.5, 0.6) is 0 Å². The normalized spacial score (nSPS) is 11.3. The van der Waals surface area contributed by atoms with E-state index < -0.39 is 0 Å². The lowest BCUT2D eigenvalue weighted by Gasteiger charge is -2.24. The molecule has 4 nitrogen and oxygen atoms in total. The summed E-state index contributed by atoms with van der Waals surface area (Å²) in [5.74, 6) is 1.82. The van der Waals surface area contributed by atoms with E-state index in [0.29, 0.717) is 5.41 Å². The molecule has 1 heterocycles. The van der Waals surface area contributed by atoms with Crippen LogP contribution in [0.3, 0.4) is 0 Å². The van der Waals surface area contributed by atoms with E-state index >= 15 is 0 Å². The summed E-state index contributed by atoms with van der Waals surface area (Å²) in [7, 11) is 3.93. The predicted octanol–water partition coefficient (Wildman–Crippen LogP) is 2.39. The Bertz CT molecular complexity index is 330. The smallest absolute Gasteiger partial charge is 0.133 e. The summed E-state index contributed by atoms with van der Waals surface area (Å²) >= 11 is 0. The van der Waals surface area contributed by atoms with E-state index in [4.69, 9.17) is 0 Å². The minimum absolute atomic E-state index is 0.354. The van der Waals surface area contributed by atoms with Crippen LogP contribution in [-0.4, -0.2) is 30.6 Å². The van der Waals surface area contributed by atoms with Crippen molar-refractivity contribution in [3.63, 3.8) is 0 Å². The first-order valence-electron chi connectivity index (χ1n) is 5.63. The van der Waals surface area contributed by atoms with E-state index in [2.05, 4.69) is 48.0 Å². The first kappa shape index (κ1) is 12.7. The number of hydrogen-bond acceptors (Lipinski definition) is 4. The summed E-state index contributed by atoms with van der Waals surface area (Å²) in [6.07, 6.45) is 2.73. The summed E-state index contributed by atoms with van der Waals surface area (Å²) in [6, 6.07) is 1.96. The fraction of sp³-hybridized carbons (Fsp3) is 0.667. The fourth-order valence-corrected chi connectivity index (χ4v) is 1.31. The highest BCUT2D eigenvalue weighted by atomic mass is 15.2. The van der Waals surface area contributed by atoms with E-state index in [1.165, 1.54) is 0 Å². The van der Waals surface area contributed by atoms with Gasteiger partial charge in [0.05, 0.1) is 0 Å². The number of aromatic nitrogens is 2. The molecule has 0 amide bonds. The molecule has 1 N–H and O–H groups in total. The van der Waals surface area contributed by atoms with Crippen molar-refractivity contribution in [3.8, 4) is 0 Å². The third-order valence-corrected chi connectivity index (χ3v) is 2.50. The highest BCUT2D eigenvalue weighted by Crippen LogP contribution is 2.20. The molecule has 0 atom stereocenters. The molecule has 0 aliphatic carbocycles. The monoisotopic (exact) mass is 222 g/mol. The lowest BCUT2D eigenvalue weighted by Crippen LogP contribution is -2.24. The fourth-order valence-electron chi connectivity index (χ4n) is 1.31. The van der Waals surface area contributed by atoms with Crippen molar-refractivity contribution in [2.24, 2.45) is 5.41 Å². The molecule has 90 valence electrons. The van der Waals surface area contributed by atoms with Gasteiger partial charge in [0, 0.05) is 26.7 Å². The van der Waals surface area contributed by atoms with Crippen LogP contribution in [0.2, 0.25) is 0 Å². The van der Waals surface area contributed by atoms with E-state index in [9.17, 15) is 0 Å². The van der Waals surface area contributed by atoms with Crippen LogP contribution in [-0.2, 0) is 0 Å². The van der Waals surface area contributed by atoms with Gasteiger partial charge in [-0.15, -0.1) is 0 Å². The van der Waals surface area contributed by atoms with E-state index in [1.807, 2.05) is 13.1 Å². The summed E-state index contributed by atoms with van der Waals surface area (Å²) in [6.45, 7) is 7.75. The second kappa shape index (κ2) is 5.14. The highest BCUT2D eigenvalue weighted by Gasteiger charge is 2.12. The van der Waals surface area contributed by atoms with Crippen LogP contribution in [0.4, 0.5) is 11.6 Å². The quantitative estimate of drug-likeness (QED) is 0.849. The van der Waals surface area contributed by atoms with Crippen molar-refractivity contribution in [3.05, 3.63) is 12.4 Å². The third-order valence-electron chi connectivity index (χ3n) is 2.50. The molecule has 0 spiro atoms. The molecule has 0 unspecified atom stereocenters. The van der Waals surface area contributed by atoms with Gasteiger partial charge in [0.2, 0.25) is 0 Å². The Morgan fingerprint density at radius 2 is 2.00 bits per heavy atom. The Balaban J connectivity index is 2.62. The Morgan fingerprint density at radius 1 is 1.31 bits per heavy atom. The molecule has 1 aromatic rings. The molecule has 0 fully saturated rings. The van der Waals surface area contributed by atoms with Gasteiger partial charge in [0.15, 0.2) is 0 Å². The van der Waals surface area contributed by atoms with Crippen LogP contribution in [0, 0.1) is 5.41 Å². The number of anilines is 2. The Kier molecular flexibility index (Phi) is 4.10. The summed E-state index contributed by atoms with van der Waals surface area (Å²) in [4.78, 5) is 10.5. The Labute approximate surface area is 98.1 Å². The highest BCUT2D eigenvalue weighted by molar-refractivity contribution is 5.47. The minimum atomic E-state index is 0.354. The van der Waals surface area contributed by atoms with Crippen molar-refractivity contribution >= 4 is 11.6 Å². The Morgan fingerprint density at radius 3 is 2.56 bits per heavy atom. The van der Waals surface area contributed by atoms with Gasteiger partial charge in [-0.2, -0.15) is 0 Å². The van der Waals surface area contributed by atoms with Gasteiger partial charge in [0.25, 0.3) is 0 Å². The minimum Gasteiger partial charge on any atom is -0.373 e. The Hall–Kier alpha value is -1.32. The lowest BCUT2D eigenvalue weighted by atomic mass is 9.92. The number of nitrogens with zero attached hydrogens (tertiary/aromatic N) is 3. The van der Waals surface area contributed by atoms with E-state index in [0.717, 1.165) is 24.6 Å². The molecular formula is C12H22N4. The van der Waals surface area contributed by atoms with Gasteiger partial charge in [0.1, 0.15) is 18.0 Å². The third kappa shape index (κ3) is 4.04. The topological polar surface area (TPSA) is 41.0 Å². The van der Waals surface area contributed by atoms with E-state index in [-0.39, 0.29) is 0 Å². The molecule has 0 radical (unpaired) electrons. The van der Waals surface area contributed by atoms with Crippen LogP contribution in [0.25, 0.3) is 0 Å². The molecular weight excluding hydrogens is 200 g/mol. The van der Waals surface area contributed by atoms with Crippen molar-refractivity contribution in [2.75, 3.05) is 30.9 Å². The van der Waals surface area contributed by atoms with Crippen LogP contribution < -0.4 is 10.2 Å². The lowest BCUT2D eigenvalue weighted by molar-refractivity contribution is 0.381. The van der Waals surface area contributed by atoms with Gasteiger partial charge in [-0.05, 0) is 11.8 Å². The standard InChI is InChI=1S/C12H22N4/c1-12(2,3)6-7-16(5)11-8-10(13-4)14-9-15-11/h8-9H,6-7H2,1-5H3,(H,13,14,15). The summed E-state index contributed by atoms with van der Waals surface area (Å²) in [5, 5.41) is 3.02. The molecule has 4 heteroatoms. The molecule has 0 bridgehead atoms. The first-order chi connectivity index (χ1) is 7.42. The van der Waals surface area contributed by atoms with Gasteiger partial charge >= 0.3 is 0 Å². The molecule has 1 rings (SSSR count). The maximum Gasteiger partial charge on any atom is 0.133 e. The zero-order chi connectivity index (χ0) is 12.2. The summed E-state index contributed by atoms with van der Waals surface area (Å²) < 4.78 is 0. The largest absolute Gasteiger partial charge is 0.373 e. The van der Waals surface area contributed by atoms with Crippen molar-refractivity contribution < 1.29 is 0 Å². The van der Waals surface area contributed by atoms with Crippen LogP contribution in [0.1, 0.15) is 27.2 Å². The van der Waals surface area contributed by atoms with E-state index in [1.54, 1.807) is 6.33 Å². The first-order valence-corrected chi connectivity index (χ1v) is 5.63. The van der Waals surface area contributed by atoms with Gasteiger partial charge < -0.3 is 10.2 Å². The van der Waals surface area contributed by atoms with Crippen molar-refractivity contribution in [1.82, 2.24) is 9.97 Å². The second-order valence-corrected chi connectivity index (χ2v) is 5.24.